The molecule has 110 valence electrons. The summed E-state index contributed by atoms with van der Waals surface area (Å²) >= 11 is 0. The summed E-state index contributed by atoms with van der Waals surface area (Å²) < 4.78 is 0. The van der Waals surface area contributed by atoms with Crippen LogP contribution < -0.4 is 16.4 Å². The van der Waals surface area contributed by atoms with Gasteiger partial charge in [-0.05, 0) is 31.5 Å². The number of fused-ring (bicyclic) bond motifs is 1. The van der Waals surface area contributed by atoms with Crippen LogP contribution in [-0.2, 0) is 9.59 Å². The van der Waals surface area contributed by atoms with E-state index in [-0.39, 0.29) is 24.4 Å². The lowest BCUT2D eigenvalue weighted by atomic mass is 9.99. The van der Waals surface area contributed by atoms with Gasteiger partial charge in [0.1, 0.15) is 6.04 Å². The molecule has 0 bridgehead atoms. The molecule has 0 aliphatic carbocycles. The van der Waals surface area contributed by atoms with Crippen molar-refractivity contribution in [3.63, 3.8) is 0 Å². The van der Waals surface area contributed by atoms with Gasteiger partial charge in [0.2, 0.25) is 11.8 Å². The molecule has 1 saturated heterocycles. The van der Waals surface area contributed by atoms with Crippen molar-refractivity contribution in [3.8, 4) is 0 Å². The molecule has 2 heterocycles. The predicted molar refractivity (Wildman–Crippen MR) is 76.3 cm³/mol. The minimum absolute atomic E-state index is 0.231. The minimum Gasteiger partial charge on any atom is -0.399 e. The van der Waals surface area contributed by atoms with E-state index in [1.165, 1.54) is 4.90 Å². The third-order valence-electron chi connectivity index (χ3n) is 3.84. The number of nitrogens with one attached hydrogen (secondary N) is 2. The summed E-state index contributed by atoms with van der Waals surface area (Å²) in [6.45, 7) is 1.80. The van der Waals surface area contributed by atoms with Gasteiger partial charge in [-0.25, -0.2) is 0 Å². The standard InChI is InChI=1S/C14H16N4O3/c1-7-16-10-6-8(15)2-3-9(10)14(21)18(7)11-4-5-12(19)17-13(11)20/h2-3,6-7,11,16H,4-5,15H2,1H3,(H,17,19,20). The molecule has 1 fully saturated rings. The number of hydrogen-bond acceptors (Lipinski definition) is 5. The summed E-state index contributed by atoms with van der Waals surface area (Å²) in [7, 11) is 0. The number of piperidine rings is 1. The Bertz CT molecular complexity index is 643. The highest BCUT2D eigenvalue weighted by molar-refractivity contribution is 6.07. The number of rotatable bonds is 1. The van der Waals surface area contributed by atoms with Gasteiger partial charge in [-0.15, -0.1) is 0 Å². The molecule has 0 spiro atoms. The number of carbonyl (C=O) groups is 3. The third-order valence-corrected chi connectivity index (χ3v) is 3.84. The number of nitrogens with zero attached hydrogens (tertiary/aromatic N) is 1. The normalized spacial score (nSPS) is 25.2. The zero-order valence-corrected chi connectivity index (χ0v) is 11.6. The van der Waals surface area contributed by atoms with E-state index in [2.05, 4.69) is 10.6 Å². The molecular formula is C14H16N4O3. The fourth-order valence-electron chi connectivity index (χ4n) is 2.84. The summed E-state index contributed by atoms with van der Waals surface area (Å²) in [6, 6.07) is 4.36. The summed E-state index contributed by atoms with van der Waals surface area (Å²) in [5.74, 6) is -0.951. The van der Waals surface area contributed by atoms with Crippen LogP contribution in [0.25, 0.3) is 0 Å². The number of anilines is 2. The SMILES string of the molecule is CC1Nc2cc(N)ccc2C(=O)N1C1CCC(=O)NC1=O. The van der Waals surface area contributed by atoms with Crippen LogP contribution in [-0.4, -0.2) is 34.8 Å². The van der Waals surface area contributed by atoms with E-state index in [4.69, 9.17) is 5.73 Å². The molecule has 3 amide bonds. The molecule has 1 aromatic carbocycles. The second-order valence-corrected chi connectivity index (χ2v) is 5.30. The first-order valence-electron chi connectivity index (χ1n) is 6.80. The van der Waals surface area contributed by atoms with Crippen molar-refractivity contribution in [2.45, 2.75) is 32.0 Å². The number of imide groups is 1. The summed E-state index contributed by atoms with van der Waals surface area (Å²) in [6.07, 6.45) is 0.226. The van der Waals surface area contributed by atoms with Crippen molar-refractivity contribution in [2.24, 2.45) is 0 Å². The Morgan fingerprint density at radius 3 is 2.76 bits per heavy atom. The van der Waals surface area contributed by atoms with E-state index in [0.29, 0.717) is 23.4 Å². The molecule has 21 heavy (non-hydrogen) atoms. The Balaban J connectivity index is 1.94. The van der Waals surface area contributed by atoms with Crippen LogP contribution in [0.1, 0.15) is 30.1 Å². The third kappa shape index (κ3) is 2.20. The largest absolute Gasteiger partial charge is 0.399 e. The van der Waals surface area contributed by atoms with Gasteiger partial charge in [0, 0.05) is 12.1 Å². The van der Waals surface area contributed by atoms with Crippen LogP contribution in [0.15, 0.2) is 18.2 Å². The Labute approximate surface area is 121 Å². The average Bonchev–Trinajstić information content (AvgIpc) is 2.40. The smallest absolute Gasteiger partial charge is 0.258 e. The quantitative estimate of drug-likeness (QED) is 0.509. The van der Waals surface area contributed by atoms with Gasteiger partial charge in [-0.2, -0.15) is 0 Å². The minimum atomic E-state index is -0.636. The maximum Gasteiger partial charge on any atom is 0.258 e. The van der Waals surface area contributed by atoms with Crippen LogP contribution in [0.4, 0.5) is 11.4 Å². The molecule has 4 N–H and O–H groups in total. The molecule has 0 saturated carbocycles. The molecular weight excluding hydrogens is 272 g/mol. The topological polar surface area (TPSA) is 105 Å². The van der Waals surface area contributed by atoms with E-state index in [1.54, 1.807) is 25.1 Å². The Kier molecular flexibility index (Phi) is 3.04. The predicted octanol–water partition coefficient (Wildman–Crippen LogP) is 0.288. The van der Waals surface area contributed by atoms with Crippen LogP contribution in [0.2, 0.25) is 0 Å². The molecule has 0 radical (unpaired) electrons. The molecule has 7 heteroatoms. The highest BCUT2D eigenvalue weighted by Gasteiger charge is 2.40. The highest BCUT2D eigenvalue weighted by Crippen LogP contribution is 2.30. The zero-order valence-electron chi connectivity index (χ0n) is 11.6. The number of benzene rings is 1. The first kappa shape index (κ1) is 13.4. The van der Waals surface area contributed by atoms with E-state index < -0.39 is 11.9 Å². The number of carbonyl (C=O) groups excluding carboxylic acids is 3. The molecule has 7 nitrogen and oxygen atoms in total. The van der Waals surface area contributed by atoms with Gasteiger partial charge in [0.05, 0.1) is 17.4 Å². The molecule has 1 aromatic rings. The molecule has 2 aliphatic heterocycles. The lowest BCUT2D eigenvalue weighted by molar-refractivity contribution is -0.137. The Morgan fingerprint density at radius 1 is 1.29 bits per heavy atom. The van der Waals surface area contributed by atoms with Gasteiger partial charge in [-0.3, -0.25) is 19.7 Å². The number of nitrogens with two attached hydrogens (primary N) is 1. The fourth-order valence-corrected chi connectivity index (χ4v) is 2.84. The van der Waals surface area contributed by atoms with E-state index in [9.17, 15) is 14.4 Å². The van der Waals surface area contributed by atoms with E-state index in [0.717, 1.165) is 0 Å². The summed E-state index contributed by atoms with van der Waals surface area (Å²) in [5, 5.41) is 5.45. The van der Waals surface area contributed by atoms with Crippen molar-refractivity contribution in [2.75, 3.05) is 11.1 Å². The van der Waals surface area contributed by atoms with Crippen molar-refractivity contribution in [1.82, 2.24) is 10.2 Å². The Morgan fingerprint density at radius 2 is 2.05 bits per heavy atom. The second kappa shape index (κ2) is 4.76. The summed E-state index contributed by atoms with van der Waals surface area (Å²) in [4.78, 5) is 37.4. The van der Waals surface area contributed by atoms with E-state index in [1.807, 2.05) is 0 Å². The van der Waals surface area contributed by atoms with Gasteiger partial charge in [0.15, 0.2) is 0 Å². The molecule has 2 atom stereocenters. The first-order valence-corrected chi connectivity index (χ1v) is 6.80. The van der Waals surface area contributed by atoms with Crippen molar-refractivity contribution >= 4 is 29.1 Å². The molecule has 2 aliphatic rings. The van der Waals surface area contributed by atoms with Crippen LogP contribution in [0, 0.1) is 0 Å². The van der Waals surface area contributed by atoms with Crippen LogP contribution in [0.3, 0.4) is 0 Å². The van der Waals surface area contributed by atoms with Gasteiger partial charge < -0.3 is 16.0 Å². The maximum atomic E-state index is 12.6. The monoisotopic (exact) mass is 288 g/mol. The number of amides is 3. The van der Waals surface area contributed by atoms with Crippen molar-refractivity contribution in [3.05, 3.63) is 23.8 Å². The Hall–Kier alpha value is -2.57. The second-order valence-electron chi connectivity index (χ2n) is 5.30. The lowest BCUT2D eigenvalue weighted by Gasteiger charge is -2.41. The fraction of sp³-hybridized carbons (Fsp3) is 0.357. The van der Waals surface area contributed by atoms with Crippen molar-refractivity contribution < 1.29 is 14.4 Å². The molecule has 0 aromatic heterocycles. The average molecular weight is 288 g/mol. The highest BCUT2D eigenvalue weighted by atomic mass is 16.2. The number of hydrogen-bond donors (Lipinski definition) is 3. The molecule has 3 rings (SSSR count). The first-order chi connectivity index (χ1) is 9.97. The van der Waals surface area contributed by atoms with Gasteiger partial charge >= 0.3 is 0 Å². The van der Waals surface area contributed by atoms with Crippen LogP contribution in [0.5, 0.6) is 0 Å². The van der Waals surface area contributed by atoms with Gasteiger partial charge in [0.25, 0.3) is 5.91 Å². The summed E-state index contributed by atoms with van der Waals surface area (Å²) in [5.41, 5.74) is 7.43. The maximum absolute atomic E-state index is 12.6. The van der Waals surface area contributed by atoms with E-state index >= 15 is 0 Å². The lowest BCUT2D eigenvalue weighted by Crippen LogP contribution is -2.60. The van der Waals surface area contributed by atoms with Crippen molar-refractivity contribution in [1.29, 1.82) is 0 Å². The number of nitrogen functional groups attached to an aromatic ring is 1. The van der Waals surface area contributed by atoms with Gasteiger partial charge in [-0.1, -0.05) is 0 Å². The van der Waals surface area contributed by atoms with Crippen LogP contribution >= 0.6 is 0 Å². The zero-order chi connectivity index (χ0) is 15.1. The molecule has 2 unspecified atom stereocenters.